The maximum Gasteiger partial charge on any atom is 0.256 e. The molecule has 0 radical (unpaired) electrons. The quantitative estimate of drug-likeness (QED) is 0.890. The van der Waals surface area contributed by atoms with Crippen LogP contribution >= 0.6 is 0 Å². The molecule has 2 amide bonds. The number of rotatable bonds is 3. The lowest BCUT2D eigenvalue weighted by atomic mass is 9.94. The zero-order valence-corrected chi connectivity index (χ0v) is 11.3. The standard InChI is InChI=1S/C14H19N3O2/c1-10-7-11(9-16-8-10)12(18)17(2)14(13(15)19)5-3-4-6-14/h7-9H,3-6H2,1-2H3,(H2,15,19). The van der Waals surface area contributed by atoms with Crippen LogP contribution in [0.2, 0.25) is 0 Å². The molecule has 0 atom stereocenters. The molecule has 5 nitrogen and oxygen atoms in total. The minimum atomic E-state index is -0.833. The Labute approximate surface area is 112 Å². The zero-order chi connectivity index (χ0) is 14.0. The van der Waals surface area contributed by atoms with Crippen molar-refractivity contribution in [3.63, 3.8) is 0 Å². The fourth-order valence-corrected chi connectivity index (χ4v) is 2.77. The van der Waals surface area contributed by atoms with E-state index in [9.17, 15) is 9.59 Å². The number of hydrogen-bond donors (Lipinski definition) is 1. The molecule has 102 valence electrons. The number of hydrogen-bond acceptors (Lipinski definition) is 3. The second kappa shape index (κ2) is 4.99. The predicted molar refractivity (Wildman–Crippen MR) is 71.5 cm³/mol. The first-order valence-corrected chi connectivity index (χ1v) is 6.47. The van der Waals surface area contributed by atoms with Crippen molar-refractivity contribution >= 4 is 11.8 Å². The van der Waals surface area contributed by atoms with E-state index in [0.717, 1.165) is 18.4 Å². The van der Waals surface area contributed by atoms with Gasteiger partial charge in [0.15, 0.2) is 0 Å². The third-order valence-electron chi connectivity index (χ3n) is 3.96. The smallest absolute Gasteiger partial charge is 0.256 e. The SMILES string of the molecule is Cc1cncc(C(=O)N(C)C2(C(N)=O)CCCC2)c1. The molecule has 1 aliphatic rings. The summed E-state index contributed by atoms with van der Waals surface area (Å²) < 4.78 is 0. The van der Waals surface area contributed by atoms with Crippen molar-refractivity contribution in [3.8, 4) is 0 Å². The van der Waals surface area contributed by atoms with Crippen LogP contribution in [-0.4, -0.2) is 34.3 Å². The van der Waals surface area contributed by atoms with Gasteiger partial charge in [0.05, 0.1) is 5.56 Å². The molecule has 1 fully saturated rings. The Balaban J connectivity index is 2.30. The molecular formula is C14H19N3O2. The second-order valence-corrected chi connectivity index (χ2v) is 5.22. The van der Waals surface area contributed by atoms with Crippen molar-refractivity contribution in [1.82, 2.24) is 9.88 Å². The highest BCUT2D eigenvalue weighted by Gasteiger charge is 2.45. The Morgan fingerprint density at radius 3 is 2.47 bits per heavy atom. The minimum Gasteiger partial charge on any atom is -0.368 e. The van der Waals surface area contributed by atoms with Gasteiger partial charge in [0.25, 0.3) is 5.91 Å². The minimum absolute atomic E-state index is 0.197. The van der Waals surface area contributed by atoms with Gasteiger partial charge in [-0.05, 0) is 31.4 Å². The Morgan fingerprint density at radius 2 is 1.95 bits per heavy atom. The molecule has 0 bridgehead atoms. The third-order valence-corrected chi connectivity index (χ3v) is 3.96. The highest BCUT2D eigenvalue weighted by atomic mass is 16.2. The molecule has 5 heteroatoms. The van der Waals surface area contributed by atoms with E-state index in [0.29, 0.717) is 18.4 Å². The second-order valence-electron chi connectivity index (χ2n) is 5.22. The Bertz CT molecular complexity index is 507. The Hall–Kier alpha value is -1.91. The number of amides is 2. The summed E-state index contributed by atoms with van der Waals surface area (Å²) in [6.45, 7) is 1.88. The van der Waals surface area contributed by atoms with Crippen molar-refractivity contribution < 1.29 is 9.59 Å². The van der Waals surface area contributed by atoms with E-state index < -0.39 is 11.4 Å². The molecule has 0 aromatic carbocycles. The average Bonchev–Trinajstić information content (AvgIpc) is 2.87. The number of carbonyl (C=O) groups excluding carboxylic acids is 2. The molecule has 1 heterocycles. The first-order valence-electron chi connectivity index (χ1n) is 6.47. The van der Waals surface area contributed by atoms with E-state index in [1.54, 1.807) is 19.3 Å². The van der Waals surface area contributed by atoms with Gasteiger partial charge >= 0.3 is 0 Å². The number of aryl methyl sites for hydroxylation is 1. The Kier molecular flexibility index (Phi) is 3.55. The third kappa shape index (κ3) is 2.32. The van der Waals surface area contributed by atoms with E-state index >= 15 is 0 Å². The number of likely N-dealkylation sites (N-methyl/N-ethyl adjacent to an activating group) is 1. The van der Waals surface area contributed by atoms with Crippen LogP contribution < -0.4 is 5.73 Å². The maximum atomic E-state index is 12.5. The summed E-state index contributed by atoms with van der Waals surface area (Å²) in [5.41, 5.74) is 6.11. The molecule has 19 heavy (non-hydrogen) atoms. The highest BCUT2D eigenvalue weighted by molar-refractivity contribution is 5.98. The largest absolute Gasteiger partial charge is 0.368 e. The fourth-order valence-electron chi connectivity index (χ4n) is 2.77. The summed E-state index contributed by atoms with van der Waals surface area (Å²) in [5, 5.41) is 0. The summed E-state index contributed by atoms with van der Waals surface area (Å²) in [4.78, 5) is 29.8. The summed E-state index contributed by atoms with van der Waals surface area (Å²) in [7, 11) is 1.65. The first-order chi connectivity index (χ1) is 8.97. The molecule has 0 aliphatic heterocycles. The molecule has 2 rings (SSSR count). The van der Waals surface area contributed by atoms with Gasteiger partial charge in [-0.25, -0.2) is 0 Å². The number of carbonyl (C=O) groups is 2. The van der Waals surface area contributed by atoms with Crippen LogP contribution in [0.25, 0.3) is 0 Å². The van der Waals surface area contributed by atoms with Gasteiger partial charge in [-0.2, -0.15) is 0 Å². The van der Waals surface area contributed by atoms with Gasteiger partial charge < -0.3 is 10.6 Å². The van der Waals surface area contributed by atoms with Crippen LogP contribution in [0, 0.1) is 6.92 Å². The average molecular weight is 261 g/mol. The van der Waals surface area contributed by atoms with E-state index in [-0.39, 0.29) is 5.91 Å². The molecule has 1 aromatic rings. The first kappa shape index (κ1) is 13.5. The van der Waals surface area contributed by atoms with Crippen LogP contribution in [0.15, 0.2) is 18.5 Å². The van der Waals surface area contributed by atoms with Gasteiger partial charge in [0, 0.05) is 19.4 Å². The molecule has 0 spiro atoms. The van der Waals surface area contributed by atoms with Crippen LogP contribution in [-0.2, 0) is 4.79 Å². The summed E-state index contributed by atoms with van der Waals surface area (Å²) in [5.74, 6) is -0.613. The molecule has 0 saturated heterocycles. The topological polar surface area (TPSA) is 76.3 Å². The molecular weight excluding hydrogens is 242 g/mol. The number of aromatic nitrogens is 1. The normalized spacial score (nSPS) is 17.2. The van der Waals surface area contributed by atoms with Crippen molar-refractivity contribution in [1.29, 1.82) is 0 Å². The summed E-state index contributed by atoms with van der Waals surface area (Å²) >= 11 is 0. The predicted octanol–water partition coefficient (Wildman–Crippen LogP) is 1.26. The summed E-state index contributed by atoms with van der Waals surface area (Å²) in [6, 6.07) is 1.77. The maximum absolute atomic E-state index is 12.5. The van der Waals surface area contributed by atoms with Gasteiger partial charge in [-0.3, -0.25) is 14.6 Å². The van der Waals surface area contributed by atoms with E-state index in [4.69, 9.17) is 5.73 Å². The van der Waals surface area contributed by atoms with Gasteiger partial charge in [0.1, 0.15) is 5.54 Å². The van der Waals surface area contributed by atoms with Crippen molar-refractivity contribution in [2.24, 2.45) is 5.73 Å². The van der Waals surface area contributed by atoms with Crippen LogP contribution in [0.3, 0.4) is 0 Å². The van der Waals surface area contributed by atoms with Crippen molar-refractivity contribution in [2.75, 3.05) is 7.05 Å². The number of pyridine rings is 1. The summed E-state index contributed by atoms with van der Waals surface area (Å²) in [6.07, 6.45) is 6.35. The van der Waals surface area contributed by atoms with Crippen LogP contribution in [0.4, 0.5) is 0 Å². The molecule has 1 saturated carbocycles. The lowest BCUT2D eigenvalue weighted by molar-refractivity contribution is -0.127. The molecule has 1 aliphatic carbocycles. The van der Waals surface area contributed by atoms with E-state index in [1.807, 2.05) is 6.92 Å². The van der Waals surface area contributed by atoms with E-state index in [2.05, 4.69) is 4.98 Å². The lowest BCUT2D eigenvalue weighted by Crippen LogP contribution is -2.56. The molecule has 1 aromatic heterocycles. The molecule has 0 unspecified atom stereocenters. The van der Waals surface area contributed by atoms with Crippen LogP contribution in [0.1, 0.15) is 41.6 Å². The van der Waals surface area contributed by atoms with Crippen molar-refractivity contribution in [3.05, 3.63) is 29.6 Å². The fraction of sp³-hybridized carbons (Fsp3) is 0.500. The highest BCUT2D eigenvalue weighted by Crippen LogP contribution is 2.35. The van der Waals surface area contributed by atoms with Gasteiger partial charge in [-0.15, -0.1) is 0 Å². The zero-order valence-electron chi connectivity index (χ0n) is 11.3. The lowest BCUT2D eigenvalue weighted by Gasteiger charge is -2.35. The Morgan fingerprint density at radius 1 is 1.32 bits per heavy atom. The van der Waals surface area contributed by atoms with Crippen LogP contribution in [0.5, 0.6) is 0 Å². The number of primary amides is 1. The monoisotopic (exact) mass is 261 g/mol. The van der Waals surface area contributed by atoms with Gasteiger partial charge in [0.2, 0.25) is 5.91 Å². The van der Waals surface area contributed by atoms with Gasteiger partial charge in [-0.1, -0.05) is 12.8 Å². The number of nitrogens with two attached hydrogens (primary N) is 1. The molecule has 2 N–H and O–H groups in total. The van der Waals surface area contributed by atoms with E-state index in [1.165, 1.54) is 11.1 Å². The number of nitrogens with zero attached hydrogens (tertiary/aromatic N) is 2. The van der Waals surface area contributed by atoms with Crippen molar-refractivity contribution in [2.45, 2.75) is 38.1 Å².